The summed E-state index contributed by atoms with van der Waals surface area (Å²) >= 11 is 3.35. The van der Waals surface area contributed by atoms with Crippen molar-refractivity contribution in [2.75, 3.05) is 6.61 Å². The Balaban J connectivity index is 1.50. The van der Waals surface area contributed by atoms with Crippen LogP contribution >= 0.6 is 15.9 Å². The third-order valence-electron chi connectivity index (χ3n) is 3.95. The third kappa shape index (κ3) is 5.69. The number of hydrogen-bond acceptors (Lipinski definition) is 3. The van der Waals surface area contributed by atoms with Gasteiger partial charge in [0.2, 0.25) is 5.91 Å². The molecule has 0 spiro atoms. The van der Waals surface area contributed by atoms with Crippen molar-refractivity contribution in [3.63, 3.8) is 0 Å². The summed E-state index contributed by atoms with van der Waals surface area (Å²) in [6.45, 7) is -0.206. The number of benzene rings is 3. The average Bonchev–Trinajstić information content (AvgIpc) is 2.73. The Hall–Kier alpha value is -3.12. The fourth-order valence-corrected chi connectivity index (χ4v) is 2.86. The van der Waals surface area contributed by atoms with Gasteiger partial charge in [-0.05, 0) is 29.3 Å². The van der Waals surface area contributed by atoms with Crippen LogP contribution in [0.15, 0.2) is 83.3 Å². The largest absolute Gasteiger partial charge is 0.483 e. The van der Waals surface area contributed by atoms with Crippen molar-refractivity contribution in [2.24, 2.45) is 0 Å². The Morgan fingerprint density at radius 3 is 2.18 bits per heavy atom. The number of carbonyl (C=O) groups excluding carboxylic acids is 2. The minimum atomic E-state index is -0.438. The monoisotopic (exact) mass is 438 g/mol. The Labute approximate surface area is 171 Å². The van der Waals surface area contributed by atoms with Gasteiger partial charge in [-0.2, -0.15) is 0 Å². The summed E-state index contributed by atoms with van der Waals surface area (Å²) in [5.41, 5.74) is 7.52. The summed E-state index contributed by atoms with van der Waals surface area (Å²) in [6.07, 6.45) is 0.172. The van der Waals surface area contributed by atoms with Gasteiger partial charge >= 0.3 is 0 Å². The van der Waals surface area contributed by atoms with E-state index in [2.05, 4.69) is 26.8 Å². The molecule has 0 unspecified atom stereocenters. The van der Waals surface area contributed by atoms with Crippen molar-refractivity contribution in [1.29, 1.82) is 0 Å². The average molecular weight is 439 g/mol. The predicted molar refractivity (Wildman–Crippen MR) is 112 cm³/mol. The third-order valence-corrected chi connectivity index (χ3v) is 4.48. The van der Waals surface area contributed by atoms with E-state index in [0.717, 1.165) is 21.2 Å². The van der Waals surface area contributed by atoms with Gasteiger partial charge in [0.15, 0.2) is 6.61 Å². The number of ether oxygens (including phenoxy) is 1. The molecule has 0 aliphatic rings. The molecule has 5 nitrogen and oxygen atoms in total. The molecular weight excluding hydrogens is 420 g/mol. The molecule has 3 aromatic carbocycles. The van der Waals surface area contributed by atoms with Gasteiger partial charge in [0.25, 0.3) is 5.91 Å². The van der Waals surface area contributed by atoms with Crippen LogP contribution in [0, 0.1) is 0 Å². The van der Waals surface area contributed by atoms with E-state index in [1.165, 1.54) is 0 Å². The first-order valence-electron chi connectivity index (χ1n) is 8.71. The predicted octanol–water partition coefficient (Wildman–Crippen LogP) is 3.89. The minimum absolute atomic E-state index is 0.172. The Morgan fingerprint density at radius 2 is 1.43 bits per heavy atom. The Kier molecular flexibility index (Phi) is 6.81. The van der Waals surface area contributed by atoms with Gasteiger partial charge < -0.3 is 4.74 Å². The standard InChI is InChI=1S/C22H19BrN2O3/c23-18-12-10-16(11-13-18)14-21(26)24-25-22(27)15-28-20-9-5-4-8-19(20)17-6-2-1-3-7-17/h1-13H,14-15H2,(H,24,26)(H,25,27). The lowest BCUT2D eigenvalue weighted by atomic mass is 10.1. The maximum Gasteiger partial charge on any atom is 0.276 e. The second-order valence-corrected chi connectivity index (χ2v) is 6.97. The van der Waals surface area contributed by atoms with Crippen LogP contribution in [-0.4, -0.2) is 18.4 Å². The summed E-state index contributed by atoms with van der Waals surface area (Å²) in [6, 6.07) is 24.7. The smallest absolute Gasteiger partial charge is 0.276 e. The van der Waals surface area contributed by atoms with Gasteiger partial charge in [-0.15, -0.1) is 0 Å². The van der Waals surface area contributed by atoms with E-state index < -0.39 is 5.91 Å². The van der Waals surface area contributed by atoms with Crippen molar-refractivity contribution in [3.05, 3.63) is 88.9 Å². The van der Waals surface area contributed by atoms with E-state index >= 15 is 0 Å². The topological polar surface area (TPSA) is 67.4 Å². The maximum atomic E-state index is 12.0. The van der Waals surface area contributed by atoms with Gasteiger partial charge in [0.05, 0.1) is 6.42 Å². The van der Waals surface area contributed by atoms with E-state index in [1.807, 2.05) is 78.9 Å². The molecular formula is C22H19BrN2O3. The lowest BCUT2D eigenvalue weighted by molar-refractivity contribution is -0.129. The zero-order chi connectivity index (χ0) is 19.8. The van der Waals surface area contributed by atoms with Crippen LogP contribution in [0.4, 0.5) is 0 Å². The van der Waals surface area contributed by atoms with Crippen LogP contribution in [0.1, 0.15) is 5.56 Å². The van der Waals surface area contributed by atoms with Crippen LogP contribution in [0.5, 0.6) is 5.75 Å². The first kappa shape index (κ1) is 19.6. The first-order valence-corrected chi connectivity index (χ1v) is 9.50. The fourth-order valence-electron chi connectivity index (χ4n) is 2.60. The van der Waals surface area contributed by atoms with E-state index in [4.69, 9.17) is 4.74 Å². The normalized spacial score (nSPS) is 10.2. The molecule has 0 aromatic heterocycles. The van der Waals surface area contributed by atoms with Crippen LogP contribution in [0.2, 0.25) is 0 Å². The number of para-hydroxylation sites is 1. The molecule has 0 bridgehead atoms. The van der Waals surface area contributed by atoms with E-state index in [9.17, 15) is 9.59 Å². The summed E-state index contributed by atoms with van der Waals surface area (Å²) in [4.78, 5) is 23.9. The number of nitrogens with one attached hydrogen (secondary N) is 2. The minimum Gasteiger partial charge on any atom is -0.483 e. The highest BCUT2D eigenvalue weighted by Crippen LogP contribution is 2.29. The molecule has 0 saturated carbocycles. The van der Waals surface area contributed by atoms with Crippen molar-refractivity contribution in [2.45, 2.75) is 6.42 Å². The number of hydrogen-bond donors (Lipinski definition) is 2. The number of carbonyl (C=O) groups is 2. The lowest BCUT2D eigenvalue weighted by Gasteiger charge is -2.12. The highest BCUT2D eigenvalue weighted by molar-refractivity contribution is 9.10. The van der Waals surface area contributed by atoms with Crippen molar-refractivity contribution in [1.82, 2.24) is 10.9 Å². The van der Waals surface area contributed by atoms with Gasteiger partial charge in [0.1, 0.15) is 5.75 Å². The number of amides is 2. The molecule has 3 rings (SSSR count). The molecule has 2 amide bonds. The molecule has 0 aliphatic heterocycles. The van der Waals surface area contributed by atoms with Crippen LogP contribution in [-0.2, 0) is 16.0 Å². The first-order chi connectivity index (χ1) is 13.6. The molecule has 142 valence electrons. The second kappa shape index (κ2) is 9.71. The summed E-state index contributed by atoms with van der Waals surface area (Å²) in [5, 5.41) is 0. The molecule has 3 aromatic rings. The number of halogens is 1. The molecule has 0 aliphatic carbocycles. The molecule has 0 atom stereocenters. The summed E-state index contributed by atoms with van der Waals surface area (Å²) in [7, 11) is 0. The van der Waals surface area contributed by atoms with Crippen LogP contribution < -0.4 is 15.6 Å². The molecule has 0 saturated heterocycles. The highest BCUT2D eigenvalue weighted by atomic mass is 79.9. The van der Waals surface area contributed by atoms with Gasteiger partial charge in [-0.1, -0.05) is 76.6 Å². The lowest BCUT2D eigenvalue weighted by Crippen LogP contribution is -2.44. The van der Waals surface area contributed by atoms with E-state index in [1.54, 1.807) is 0 Å². The Bertz CT molecular complexity index is 944. The van der Waals surface area contributed by atoms with Crippen molar-refractivity contribution >= 4 is 27.7 Å². The molecule has 0 heterocycles. The SMILES string of the molecule is O=C(COc1ccccc1-c1ccccc1)NNC(=O)Cc1ccc(Br)cc1. The quantitative estimate of drug-likeness (QED) is 0.573. The zero-order valence-corrected chi connectivity index (χ0v) is 16.6. The number of rotatable bonds is 6. The zero-order valence-electron chi connectivity index (χ0n) is 15.0. The highest BCUT2D eigenvalue weighted by Gasteiger charge is 2.09. The summed E-state index contributed by atoms with van der Waals surface area (Å²) in [5.74, 6) is -0.141. The van der Waals surface area contributed by atoms with Crippen molar-refractivity contribution in [3.8, 4) is 16.9 Å². The van der Waals surface area contributed by atoms with E-state index in [-0.39, 0.29) is 18.9 Å². The Morgan fingerprint density at radius 1 is 0.786 bits per heavy atom. The molecule has 28 heavy (non-hydrogen) atoms. The van der Waals surface area contributed by atoms with Crippen molar-refractivity contribution < 1.29 is 14.3 Å². The van der Waals surface area contributed by atoms with Gasteiger partial charge in [-0.25, -0.2) is 0 Å². The van der Waals surface area contributed by atoms with Crippen LogP contribution in [0.25, 0.3) is 11.1 Å². The van der Waals surface area contributed by atoms with Gasteiger partial charge in [-0.3, -0.25) is 20.4 Å². The summed E-state index contributed by atoms with van der Waals surface area (Å²) < 4.78 is 6.59. The molecule has 6 heteroatoms. The number of hydrazine groups is 1. The molecule has 0 radical (unpaired) electrons. The van der Waals surface area contributed by atoms with Gasteiger partial charge in [0, 0.05) is 10.0 Å². The van der Waals surface area contributed by atoms with Crippen LogP contribution in [0.3, 0.4) is 0 Å². The molecule has 0 fully saturated rings. The maximum absolute atomic E-state index is 12.0. The fraction of sp³-hybridized carbons (Fsp3) is 0.0909. The second-order valence-electron chi connectivity index (χ2n) is 6.05. The molecule has 2 N–H and O–H groups in total. The van der Waals surface area contributed by atoms with E-state index in [0.29, 0.717) is 5.75 Å².